The number of nitrogens with one attached hydrogen (secondary N) is 2. The Morgan fingerprint density at radius 2 is 1.96 bits per heavy atom. The molecule has 1 aliphatic rings. The van der Waals surface area contributed by atoms with E-state index >= 15 is 0 Å². The fourth-order valence-corrected chi connectivity index (χ4v) is 4.49. The van der Waals surface area contributed by atoms with E-state index in [-0.39, 0.29) is 24.1 Å². The third kappa shape index (κ3) is 4.39. The van der Waals surface area contributed by atoms with Gasteiger partial charge in [0.25, 0.3) is 0 Å². The Balaban J connectivity index is 1.52. The van der Waals surface area contributed by atoms with Gasteiger partial charge in [0.15, 0.2) is 9.84 Å². The average Bonchev–Trinajstić information content (AvgIpc) is 3.12. The summed E-state index contributed by atoms with van der Waals surface area (Å²) in [6, 6.07) is 10.7. The number of urea groups is 1. The zero-order chi connectivity index (χ0) is 17.2. The van der Waals surface area contributed by atoms with Crippen molar-refractivity contribution in [2.45, 2.75) is 19.0 Å². The van der Waals surface area contributed by atoms with E-state index in [2.05, 4.69) is 26.6 Å². The summed E-state index contributed by atoms with van der Waals surface area (Å²) in [6.45, 7) is 0.238. The van der Waals surface area contributed by atoms with Crippen LogP contribution in [0.25, 0.3) is 11.3 Å². The van der Waals surface area contributed by atoms with E-state index in [1.54, 1.807) is 6.07 Å². The van der Waals surface area contributed by atoms with E-state index < -0.39 is 15.9 Å². The van der Waals surface area contributed by atoms with Crippen LogP contribution >= 0.6 is 15.9 Å². The minimum absolute atomic E-state index is 0.00882. The number of furan rings is 1. The van der Waals surface area contributed by atoms with Crippen molar-refractivity contribution in [1.82, 2.24) is 10.6 Å². The molecule has 8 heteroatoms. The van der Waals surface area contributed by atoms with Crippen LogP contribution in [0.1, 0.15) is 12.2 Å². The molecule has 2 N–H and O–H groups in total. The van der Waals surface area contributed by atoms with E-state index in [0.29, 0.717) is 12.2 Å². The highest BCUT2D eigenvalue weighted by Crippen LogP contribution is 2.23. The highest BCUT2D eigenvalue weighted by Gasteiger charge is 2.28. The molecule has 1 aliphatic heterocycles. The van der Waals surface area contributed by atoms with Crippen LogP contribution in [0.4, 0.5) is 4.79 Å². The van der Waals surface area contributed by atoms with Gasteiger partial charge in [-0.3, -0.25) is 0 Å². The molecule has 0 radical (unpaired) electrons. The van der Waals surface area contributed by atoms with Crippen LogP contribution in [0, 0.1) is 0 Å². The first-order valence-electron chi connectivity index (χ1n) is 7.51. The molecule has 2 heterocycles. The molecule has 1 unspecified atom stereocenters. The van der Waals surface area contributed by atoms with Gasteiger partial charge in [-0.15, -0.1) is 0 Å². The zero-order valence-electron chi connectivity index (χ0n) is 12.8. The highest BCUT2D eigenvalue weighted by atomic mass is 79.9. The fourth-order valence-electron chi connectivity index (χ4n) is 2.55. The maximum Gasteiger partial charge on any atom is 0.315 e. The van der Waals surface area contributed by atoms with Crippen LogP contribution in [0.2, 0.25) is 0 Å². The summed E-state index contributed by atoms with van der Waals surface area (Å²) in [5.74, 6) is 1.49. The lowest BCUT2D eigenvalue weighted by molar-refractivity contribution is 0.236. The first-order chi connectivity index (χ1) is 11.4. The lowest BCUT2D eigenvalue weighted by atomic mass is 10.2. The van der Waals surface area contributed by atoms with E-state index in [1.165, 1.54) is 0 Å². The zero-order valence-corrected chi connectivity index (χ0v) is 15.2. The van der Waals surface area contributed by atoms with Crippen molar-refractivity contribution < 1.29 is 17.6 Å². The Bertz CT molecular complexity index is 830. The third-order valence-corrected chi connectivity index (χ3v) is 6.08. The summed E-state index contributed by atoms with van der Waals surface area (Å²) >= 11 is 3.38. The number of rotatable bonds is 4. The fraction of sp³-hybridized carbons (Fsp3) is 0.312. The summed E-state index contributed by atoms with van der Waals surface area (Å²) in [5.41, 5.74) is 0.949. The molecule has 0 aliphatic carbocycles. The smallest absolute Gasteiger partial charge is 0.315 e. The summed E-state index contributed by atoms with van der Waals surface area (Å²) in [7, 11) is -3.00. The SMILES string of the molecule is O=C(NCc1ccc(-c2ccc(Br)cc2)o1)NC1CCS(=O)(=O)C1. The van der Waals surface area contributed by atoms with Crippen molar-refractivity contribution in [2.75, 3.05) is 11.5 Å². The first-order valence-corrected chi connectivity index (χ1v) is 10.1. The van der Waals surface area contributed by atoms with Gasteiger partial charge in [-0.2, -0.15) is 0 Å². The van der Waals surface area contributed by atoms with Crippen LogP contribution < -0.4 is 10.6 Å². The van der Waals surface area contributed by atoms with Crippen LogP contribution in [-0.2, 0) is 16.4 Å². The third-order valence-electron chi connectivity index (χ3n) is 3.78. The Morgan fingerprint density at radius 3 is 2.62 bits per heavy atom. The van der Waals surface area contributed by atoms with E-state index in [0.717, 1.165) is 15.8 Å². The molecule has 3 rings (SSSR count). The highest BCUT2D eigenvalue weighted by molar-refractivity contribution is 9.10. The van der Waals surface area contributed by atoms with Gasteiger partial charge in [-0.1, -0.05) is 28.1 Å². The Hall–Kier alpha value is -1.80. The minimum atomic E-state index is -3.00. The molecule has 1 fully saturated rings. The molecule has 0 saturated carbocycles. The number of benzene rings is 1. The Labute approximate surface area is 148 Å². The predicted molar refractivity (Wildman–Crippen MR) is 94.3 cm³/mol. The standard InChI is InChI=1S/C16H17BrN2O4S/c17-12-3-1-11(2-4-12)15-6-5-14(23-15)9-18-16(20)19-13-7-8-24(21,22)10-13/h1-6,13H,7-10H2,(H2,18,19,20). The minimum Gasteiger partial charge on any atom is -0.459 e. The molecular weight excluding hydrogens is 396 g/mol. The quantitative estimate of drug-likeness (QED) is 0.807. The number of carbonyl (C=O) groups excluding carboxylic acids is 1. The number of carbonyl (C=O) groups is 1. The molecule has 1 atom stereocenters. The second kappa shape index (κ2) is 6.98. The van der Waals surface area contributed by atoms with E-state index in [4.69, 9.17) is 4.42 Å². The monoisotopic (exact) mass is 412 g/mol. The molecule has 0 bridgehead atoms. The second-order valence-corrected chi connectivity index (χ2v) is 8.84. The van der Waals surface area contributed by atoms with Gasteiger partial charge < -0.3 is 15.1 Å². The van der Waals surface area contributed by atoms with Gasteiger partial charge in [0.2, 0.25) is 0 Å². The van der Waals surface area contributed by atoms with Crippen molar-refractivity contribution in [2.24, 2.45) is 0 Å². The lowest BCUT2D eigenvalue weighted by Gasteiger charge is -2.11. The number of hydrogen-bond acceptors (Lipinski definition) is 4. The Kier molecular flexibility index (Phi) is 4.96. The molecule has 0 spiro atoms. The summed E-state index contributed by atoms with van der Waals surface area (Å²) in [6.07, 6.45) is 0.463. The number of halogens is 1. The van der Waals surface area contributed by atoms with Gasteiger partial charge in [0.05, 0.1) is 18.1 Å². The van der Waals surface area contributed by atoms with Crippen LogP contribution in [-0.4, -0.2) is 32.0 Å². The second-order valence-electron chi connectivity index (χ2n) is 5.70. The topological polar surface area (TPSA) is 88.4 Å². The molecule has 6 nitrogen and oxygen atoms in total. The average molecular weight is 413 g/mol. The predicted octanol–water partition coefficient (Wildman–Crippen LogP) is 2.70. The van der Waals surface area contributed by atoms with Crippen LogP contribution in [0.5, 0.6) is 0 Å². The normalized spacial score (nSPS) is 19.1. The molecule has 2 amide bonds. The van der Waals surface area contributed by atoms with Gasteiger partial charge in [0, 0.05) is 16.1 Å². The van der Waals surface area contributed by atoms with Crippen molar-refractivity contribution >= 4 is 31.8 Å². The molecule has 128 valence electrons. The van der Waals surface area contributed by atoms with Gasteiger partial charge in [0.1, 0.15) is 11.5 Å². The first kappa shape index (κ1) is 17.0. The van der Waals surface area contributed by atoms with Gasteiger partial charge in [-0.05, 0) is 30.7 Å². The summed E-state index contributed by atoms with van der Waals surface area (Å²) in [5, 5.41) is 5.35. The van der Waals surface area contributed by atoms with Crippen LogP contribution in [0.15, 0.2) is 45.3 Å². The molecule has 1 saturated heterocycles. The van der Waals surface area contributed by atoms with Crippen molar-refractivity contribution in [1.29, 1.82) is 0 Å². The van der Waals surface area contributed by atoms with Gasteiger partial charge >= 0.3 is 6.03 Å². The molecular formula is C16H17BrN2O4S. The van der Waals surface area contributed by atoms with E-state index in [1.807, 2.05) is 30.3 Å². The maximum atomic E-state index is 11.8. The number of sulfone groups is 1. The molecule has 1 aromatic heterocycles. The van der Waals surface area contributed by atoms with Crippen molar-refractivity contribution in [3.63, 3.8) is 0 Å². The number of hydrogen-bond donors (Lipinski definition) is 2. The molecule has 1 aromatic carbocycles. The van der Waals surface area contributed by atoms with Crippen molar-refractivity contribution in [3.8, 4) is 11.3 Å². The van der Waals surface area contributed by atoms with Crippen molar-refractivity contribution in [3.05, 3.63) is 46.6 Å². The Morgan fingerprint density at radius 1 is 1.21 bits per heavy atom. The molecule has 2 aromatic rings. The summed E-state index contributed by atoms with van der Waals surface area (Å²) < 4.78 is 29.4. The van der Waals surface area contributed by atoms with Gasteiger partial charge in [-0.25, -0.2) is 13.2 Å². The lowest BCUT2D eigenvalue weighted by Crippen LogP contribution is -2.42. The maximum absolute atomic E-state index is 11.8. The molecule has 24 heavy (non-hydrogen) atoms. The number of amides is 2. The largest absolute Gasteiger partial charge is 0.459 e. The summed E-state index contributed by atoms with van der Waals surface area (Å²) in [4.78, 5) is 11.8. The van der Waals surface area contributed by atoms with E-state index in [9.17, 15) is 13.2 Å². The van der Waals surface area contributed by atoms with Crippen LogP contribution in [0.3, 0.4) is 0 Å².